The molecule has 0 aromatic rings. The van der Waals surface area contributed by atoms with Crippen LogP contribution in [0, 0.1) is 5.41 Å². The maximum absolute atomic E-state index is 3.33. The topological polar surface area (TPSA) is 24.1 Å². The van der Waals surface area contributed by atoms with Crippen molar-refractivity contribution in [3.05, 3.63) is 0 Å². The highest BCUT2D eigenvalue weighted by Gasteiger charge is 2.34. The van der Waals surface area contributed by atoms with E-state index in [4.69, 9.17) is 0 Å². The minimum atomic E-state index is 0.601. The molecule has 0 spiro atoms. The third-order valence-electron chi connectivity index (χ3n) is 2.33. The van der Waals surface area contributed by atoms with Crippen molar-refractivity contribution in [2.75, 3.05) is 26.7 Å². The van der Waals surface area contributed by atoms with Crippen LogP contribution in [0.3, 0.4) is 0 Å². The van der Waals surface area contributed by atoms with Crippen molar-refractivity contribution in [3.8, 4) is 0 Å². The van der Waals surface area contributed by atoms with Crippen LogP contribution in [0.5, 0.6) is 0 Å². The van der Waals surface area contributed by atoms with Gasteiger partial charge in [-0.25, -0.2) is 0 Å². The van der Waals surface area contributed by atoms with Gasteiger partial charge in [0.25, 0.3) is 0 Å². The predicted octanol–water partition coefficient (Wildman–Crippen LogP) is 0.596. The molecular formula is C8H18N2. The molecule has 0 saturated carbocycles. The van der Waals surface area contributed by atoms with Gasteiger partial charge in [-0.15, -0.1) is 0 Å². The summed E-state index contributed by atoms with van der Waals surface area (Å²) in [4.78, 5) is 0. The average molecular weight is 142 g/mol. The Morgan fingerprint density at radius 3 is 2.50 bits per heavy atom. The monoisotopic (exact) mass is 142 g/mol. The molecule has 0 unspecified atom stereocenters. The van der Waals surface area contributed by atoms with Gasteiger partial charge in [-0.05, 0) is 13.5 Å². The quantitative estimate of drug-likeness (QED) is 0.600. The molecule has 1 aliphatic rings. The second kappa shape index (κ2) is 3.35. The van der Waals surface area contributed by atoms with E-state index in [0.717, 1.165) is 0 Å². The van der Waals surface area contributed by atoms with Crippen LogP contribution in [0.15, 0.2) is 0 Å². The van der Waals surface area contributed by atoms with Gasteiger partial charge < -0.3 is 10.6 Å². The largest absolute Gasteiger partial charge is 0.319 e. The molecular weight excluding hydrogens is 124 g/mol. The van der Waals surface area contributed by atoms with E-state index in [1.54, 1.807) is 0 Å². The summed E-state index contributed by atoms with van der Waals surface area (Å²) in [6, 6.07) is 0. The lowest BCUT2D eigenvalue weighted by atomic mass is 9.78. The summed E-state index contributed by atoms with van der Waals surface area (Å²) in [5.74, 6) is 0. The van der Waals surface area contributed by atoms with Gasteiger partial charge in [-0.3, -0.25) is 0 Å². The first-order valence-corrected chi connectivity index (χ1v) is 4.18. The van der Waals surface area contributed by atoms with Gasteiger partial charge in [0, 0.05) is 25.0 Å². The van der Waals surface area contributed by atoms with E-state index in [1.165, 1.54) is 32.5 Å². The van der Waals surface area contributed by atoms with Crippen molar-refractivity contribution >= 4 is 0 Å². The van der Waals surface area contributed by atoms with Gasteiger partial charge in [0.1, 0.15) is 0 Å². The Labute approximate surface area is 63.4 Å². The van der Waals surface area contributed by atoms with E-state index in [-0.39, 0.29) is 0 Å². The van der Waals surface area contributed by atoms with Crippen molar-refractivity contribution in [1.82, 2.24) is 10.6 Å². The van der Waals surface area contributed by atoms with Crippen LogP contribution in [0.1, 0.15) is 19.8 Å². The second-order valence-corrected chi connectivity index (χ2v) is 3.38. The summed E-state index contributed by atoms with van der Waals surface area (Å²) < 4.78 is 0. The van der Waals surface area contributed by atoms with Crippen LogP contribution in [0.25, 0.3) is 0 Å². The zero-order valence-electron chi connectivity index (χ0n) is 7.04. The maximum atomic E-state index is 3.33. The number of hydrogen-bond donors (Lipinski definition) is 2. The van der Waals surface area contributed by atoms with Crippen molar-refractivity contribution in [1.29, 1.82) is 0 Å². The summed E-state index contributed by atoms with van der Waals surface area (Å²) in [7, 11) is 2.04. The molecule has 0 aromatic heterocycles. The molecule has 0 aromatic carbocycles. The Hall–Kier alpha value is -0.0800. The molecule has 1 fully saturated rings. The zero-order valence-corrected chi connectivity index (χ0v) is 7.04. The smallest absolute Gasteiger partial charge is 0.00770 e. The first kappa shape index (κ1) is 8.02. The van der Waals surface area contributed by atoms with Crippen LogP contribution in [0.2, 0.25) is 0 Å². The van der Waals surface area contributed by atoms with E-state index in [9.17, 15) is 0 Å². The molecule has 1 saturated heterocycles. The lowest BCUT2D eigenvalue weighted by Gasteiger charge is -2.42. The van der Waals surface area contributed by atoms with E-state index in [2.05, 4.69) is 17.6 Å². The van der Waals surface area contributed by atoms with Crippen LogP contribution in [-0.4, -0.2) is 26.7 Å². The predicted molar refractivity (Wildman–Crippen MR) is 44.1 cm³/mol. The standard InChI is InChI=1S/C8H18N2/c1-3-4-8(5-9-2)6-10-7-8/h9-10H,3-7H2,1-2H3. The molecule has 2 nitrogen and oxygen atoms in total. The zero-order chi connectivity index (χ0) is 7.45. The second-order valence-electron chi connectivity index (χ2n) is 3.38. The molecule has 2 N–H and O–H groups in total. The van der Waals surface area contributed by atoms with Gasteiger partial charge in [-0.2, -0.15) is 0 Å². The molecule has 1 aliphatic heterocycles. The summed E-state index contributed by atoms with van der Waals surface area (Å²) in [5.41, 5.74) is 0.601. The third kappa shape index (κ3) is 1.50. The van der Waals surface area contributed by atoms with Gasteiger partial charge in [0.2, 0.25) is 0 Å². The van der Waals surface area contributed by atoms with Gasteiger partial charge in [-0.1, -0.05) is 13.3 Å². The molecule has 60 valence electrons. The number of nitrogens with one attached hydrogen (secondary N) is 2. The molecule has 1 rings (SSSR count). The van der Waals surface area contributed by atoms with Crippen LogP contribution in [-0.2, 0) is 0 Å². The molecule has 0 amide bonds. The Morgan fingerprint density at radius 2 is 2.20 bits per heavy atom. The van der Waals surface area contributed by atoms with Crippen LogP contribution < -0.4 is 10.6 Å². The molecule has 0 bridgehead atoms. The lowest BCUT2D eigenvalue weighted by molar-refractivity contribution is 0.150. The van der Waals surface area contributed by atoms with Crippen molar-refractivity contribution in [2.24, 2.45) is 5.41 Å². The summed E-state index contributed by atoms with van der Waals surface area (Å²) in [6.45, 7) is 5.85. The molecule has 0 atom stereocenters. The van der Waals surface area contributed by atoms with Crippen molar-refractivity contribution in [2.45, 2.75) is 19.8 Å². The SMILES string of the molecule is CCCC1(CNC)CNC1. The normalized spacial score (nSPS) is 22.2. The first-order valence-electron chi connectivity index (χ1n) is 4.18. The highest BCUT2D eigenvalue weighted by atomic mass is 15.0. The van der Waals surface area contributed by atoms with Gasteiger partial charge in [0.05, 0.1) is 0 Å². The highest BCUT2D eigenvalue weighted by molar-refractivity contribution is 4.93. The minimum Gasteiger partial charge on any atom is -0.319 e. The molecule has 10 heavy (non-hydrogen) atoms. The van der Waals surface area contributed by atoms with E-state index >= 15 is 0 Å². The fraction of sp³-hybridized carbons (Fsp3) is 1.00. The summed E-state index contributed by atoms with van der Waals surface area (Å²) in [6.07, 6.45) is 2.67. The maximum Gasteiger partial charge on any atom is 0.00770 e. The molecule has 1 heterocycles. The Morgan fingerprint density at radius 1 is 1.50 bits per heavy atom. The third-order valence-corrected chi connectivity index (χ3v) is 2.33. The minimum absolute atomic E-state index is 0.601. The average Bonchev–Trinajstić information content (AvgIpc) is 1.84. The van der Waals surface area contributed by atoms with Crippen molar-refractivity contribution < 1.29 is 0 Å². The summed E-state index contributed by atoms with van der Waals surface area (Å²) in [5, 5.41) is 6.59. The fourth-order valence-corrected chi connectivity index (χ4v) is 1.77. The van der Waals surface area contributed by atoms with Crippen LogP contribution in [0.4, 0.5) is 0 Å². The molecule has 0 radical (unpaired) electrons. The van der Waals surface area contributed by atoms with Crippen molar-refractivity contribution in [3.63, 3.8) is 0 Å². The summed E-state index contributed by atoms with van der Waals surface area (Å²) >= 11 is 0. The van der Waals surface area contributed by atoms with Crippen LogP contribution >= 0.6 is 0 Å². The fourth-order valence-electron chi connectivity index (χ4n) is 1.77. The Kier molecular flexibility index (Phi) is 2.69. The lowest BCUT2D eigenvalue weighted by Crippen LogP contribution is -2.57. The highest BCUT2D eigenvalue weighted by Crippen LogP contribution is 2.27. The van der Waals surface area contributed by atoms with E-state index in [0.29, 0.717) is 5.41 Å². The van der Waals surface area contributed by atoms with Gasteiger partial charge >= 0.3 is 0 Å². The number of hydrogen-bond acceptors (Lipinski definition) is 2. The number of rotatable bonds is 4. The van der Waals surface area contributed by atoms with E-state index in [1.807, 2.05) is 7.05 Å². The van der Waals surface area contributed by atoms with E-state index < -0.39 is 0 Å². The Bertz CT molecular complexity index is 89.4. The first-order chi connectivity index (χ1) is 4.83. The molecule has 2 heteroatoms. The van der Waals surface area contributed by atoms with Gasteiger partial charge in [0.15, 0.2) is 0 Å². The Balaban J connectivity index is 2.27. The molecule has 0 aliphatic carbocycles.